The SMILES string of the molecule is CC1(C)CCCNC1C(=O)Nc1cc(F)ccc1Br. The van der Waals surface area contributed by atoms with E-state index < -0.39 is 0 Å². The molecule has 2 rings (SSSR count). The Morgan fingerprint density at radius 1 is 1.53 bits per heavy atom. The number of amides is 1. The van der Waals surface area contributed by atoms with E-state index >= 15 is 0 Å². The van der Waals surface area contributed by atoms with Crippen molar-refractivity contribution in [2.45, 2.75) is 32.7 Å². The fraction of sp³-hybridized carbons (Fsp3) is 0.500. The number of hydrogen-bond acceptors (Lipinski definition) is 2. The zero-order valence-electron chi connectivity index (χ0n) is 11.1. The highest BCUT2D eigenvalue weighted by atomic mass is 79.9. The summed E-state index contributed by atoms with van der Waals surface area (Å²) >= 11 is 3.31. The normalized spacial score (nSPS) is 22.0. The molecular formula is C14H18BrFN2O. The van der Waals surface area contributed by atoms with Gasteiger partial charge in [0.05, 0.1) is 11.7 Å². The molecular weight excluding hydrogens is 311 g/mol. The summed E-state index contributed by atoms with van der Waals surface area (Å²) in [5.41, 5.74) is 0.371. The lowest BCUT2D eigenvalue weighted by Crippen LogP contribution is -2.53. The molecule has 1 amide bonds. The zero-order valence-corrected chi connectivity index (χ0v) is 12.7. The number of anilines is 1. The van der Waals surface area contributed by atoms with Gasteiger partial charge >= 0.3 is 0 Å². The third kappa shape index (κ3) is 3.34. The number of piperidine rings is 1. The first-order valence-corrected chi connectivity index (χ1v) is 7.19. The van der Waals surface area contributed by atoms with E-state index in [4.69, 9.17) is 0 Å². The molecule has 5 heteroatoms. The van der Waals surface area contributed by atoms with Gasteiger partial charge in [0.2, 0.25) is 5.91 Å². The number of carbonyl (C=O) groups is 1. The predicted octanol–water partition coefficient (Wildman–Crippen LogP) is 3.30. The van der Waals surface area contributed by atoms with Crippen molar-refractivity contribution >= 4 is 27.5 Å². The van der Waals surface area contributed by atoms with Gasteiger partial charge in [-0.05, 0) is 58.9 Å². The largest absolute Gasteiger partial charge is 0.324 e. The summed E-state index contributed by atoms with van der Waals surface area (Å²) in [7, 11) is 0. The fourth-order valence-corrected chi connectivity index (χ4v) is 2.80. The van der Waals surface area contributed by atoms with Crippen LogP contribution in [0.25, 0.3) is 0 Å². The summed E-state index contributed by atoms with van der Waals surface area (Å²) in [4.78, 5) is 12.3. The van der Waals surface area contributed by atoms with E-state index in [9.17, 15) is 9.18 Å². The summed E-state index contributed by atoms with van der Waals surface area (Å²) in [5, 5.41) is 6.03. The predicted molar refractivity (Wildman–Crippen MR) is 77.5 cm³/mol. The Morgan fingerprint density at radius 3 is 2.95 bits per heavy atom. The Bertz CT molecular complexity index is 490. The summed E-state index contributed by atoms with van der Waals surface area (Å²) in [6.07, 6.45) is 2.07. The summed E-state index contributed by atoms with van der Waals surface area (Å²) < 4.78 is 13.9. The van der Waals surface area contributed by atoms with E-state index in [-0.39, 0.29) is 23.2 Å². The average molecular weight is 329 g/mol. The molecule has 104 valence electrons. The van der Waals surface area contributed by atoms with E-state index in [1.807, 2.05) is 0 Å². The highest BCUT2D eigenvalue weighted by Gasteiger charge is 2.37. The second-order valence-corrected chi connectivity index (χ2v) is 6.45. The van der Waals surface area contributed by atoms with Gasteiger partial charge < -0.3 is 10.6 Å². The number of halogens is 2. The molecule has 1 atom stereocenters. The van der Waals surface area contributed by atoms with Gasteiger partial charge in [0.25, 0.3) is 0 Å². The van der Waals surface area contributed by atoms with Gasteiger partial charge in [-0.2, -0.15) is 0 Å². The van der Waals surface area contributed by atoms with Crippen LogP contribution >= 0.6 is 15.9 Å². The first kappa shape index (κ1) is 14.5. The minimum absolute atomic E-state index is 0.0951. The summed E-state index contributed by atoms with van der Waals surface area (Å²) in [5.74, 6) is -0.481. The van der Waals surface area contributed by atoms with Gasteiger partial charge in [0.15, 0.2) is 0 Å². The standard InChI is InChI=1S/C14H18BrFN2O/c1-14(2)6-3-7-17-12(14)13(19)18-11-8-9(16)4-5-10(11)15/h4-5,8,12,17H,3,6-7H2,1-2H3,(H,18,19). The molecule has 1 fully saturated rings. The first-order chi connectivity index (χ1) is 8.90. The van der Waals surface area contributed by atoms with Gasteiger partial charge in [-0.25, -0.2) is 4.39 Å². The van der Waals surface area contributed by atoms with Crippen LogP contribution in [0.15, 0.2) is 22.7 Å². The van der Waals surface area contributed by atoms with Gasteiger partial charge in [-0.3, -0.25) is 4.79 Å². The molecule has 0 saturated carbocycles. The average Bonchev–Trinajstić information content (AvgIpc) is 2.33. The zero-order chi connectivity index (χ0) is 14.0. The molecule has 1 heterocycles. The van der Waals surface area contributed by atoms with Crippen molar-refractivity contribution in [1.29, 1.82) is 0 Å². The fourth-order valence-electron chi connectivity index (χ4n) is 2.46. The van der Waals surface area contributed by atoms with Crippen LogP contribution in [0.3, 0.4) is 0 Å². The Morgan fingerprint density at radius 2 is 2.26 bits per heavy atom. The maximum absolute atomic E-state index is 13.2. The minimum Gasteiger partial charge on any atom is -0.324 e. The van der Waals surface area contributed by atoms with E-state index in [1.54, 1.807) is 6.07 Å². The van der Waals surface area contributed by atoms with Gasteiger partial charge in [-0.15, -0.1) is 0 Å². The number of rotatable bonds is 2. The van der Waals surface area contributed by atoms with Gasteiger partial charge in [-0.1, -0.05) is 13.8 Å². The summed E-state index contributed by atoms with van der Waals surface area (Å²) in [6, 6.07) is 4.00. The Hall–Kier alpha value is -0.940. The van der Waals surface area contributed by atoms with Crippen molar-refractivity contribution < 1.29 is 9.18 Å². The van der Waals surface area contributed by atoms with Crippen LogP contribution in [-0.2, 0) is 4.79 Å². The van der Waals surface area contributed by atoms with E-state index in [1.165, 1.54) is 12.1 Å². The van der Waals surface area contributed by atoms with Crippen LogP contribution in [0.5, 0.6) is 0 Å². The Labute approximate surface area is 121 Å². The van der Waals surface area contributed by atoms with Crippen LogP contribution in [-0.4, -0.2) is 18.5 Å². The van der Waals surface area contributed by atoms with Crippen molar-refractivity contribution in [2.75, 3.05) is 11.9 Å². The number of nitrogens with one attached hydrogen (secondary N) is 2. The van der Waals surface area contributed by atoms with Crippen molar-refractivity contribution in [1.82, 2.24) is 5.32 Å². The molecule has 1 aromatic rings. The molecule has 3 nitrogen and oxygen atoms in total. The molecule has 0 radical (unpaired) electrons. The third-order valence-corrected chi connectivity index (χ3v) is 4.27. The molecule has 0 bridgehead atoms. The molecule has 19 heavy (non-hydrogen) atoms. The quantitative estimate of drug-likeness (QED) is 0.874. The van der Waals surface area contributed by atoms with E-state index in [0.717, 1.165) is 19.4 Å². The Balaban J connectivity index is 2.14. The third-order valence-electron chi connectivity index (χ3n) is 3.58. The van der Waals surface area contributed by atoms with Crippen molar-refractivity contribution in [3.63, 3.8) is 0 Å². The highest BCUT2D eigenvalue weighted by molar-refractivity contribution is 9.10. The lowest BCUT2D eigenvalue weighted by atomic mass is 9.77. The second kappa shape index (κ2) is 5.59. The molecule has 1 aromatic carbocycles. The van der Waals surface area contributed by atoms with Crippen LogP contribution < -0.4 is 10.6 Å². The molecule has 0 aliphatic carbocycles. The van der Waals surface area contributed by atoms with Crippen molar-refractivity contribution in [2.24, 2.45) is 5.41 Å². The highest BCUT2D eigenvalue weighted by Crippen LogP contribution is 2.31. The van der Waals surface area contributed by atoms with Crippen molar-refractivity contribution in [3.8, 4) is 0 Å². The van der Waals surface area contributed by atoms with E-state index in [0.29, 0.717) is 10.2 Å². The lowest BCUT2D eigenvalue weighted by molar-refractivity contribution is -0.121. The maximum Gasteiger partial charge on any atom is 0.242 e. The number of carbonyl (C=O) groups excluding carboxylic acids is 1. The minimum atomic E-state index is -0.366. The van der Waals surface area contributed by atoms with Crippen LogP contribution in [0.2, 0.25) is 0 Å². The number of hydrogen-bond donors (Lipinski definition) is 2. The van der Waals surface area contributed by atoms with Crippen LogP contribution in [0.1, 0.15) is 26.7 Å². The smallest absolute Gasteiger partial charge is 0.242 e. The van der Waals surface area contributed by atoms with Crippen LogP contribution in [0.4, 0.5) is 10.1 Å². The van der Waals surface area contributed by atoms with E-state index in [2.05, 4.69) is 40.4 Å². The summed E-state index contributed by atoms with van der Waals surface area (Å²) in [6.45, 7) is 4.99. The Kier molecular flexibility index (Phi) is 4.26. The van der Waals surface area contributed by atoms with Gasteiger partial charge in [0, 0.05) is 4.47 Å². The lowest BCUT2D eigenvalue weighted by Gasteiger charge is -2.38. The molecule has 1 saturated heterocycles. The van der Waals surface area contributed by atoms with Gasteiger partial charge in [0.1, 0.15) is 5.82 Å². The monoisotopic (exact) mass is 328 g/mol. The van der Waals surface area contributed by atoms with Crippen molar-refractivity contribution in [3.05, 3.63) is 28.5 Å². The molecule has 0 spiro atoms. The molecule has 1 aliphatic rings. The topological polar surface area (TPSA) is 41.1 Å². The molecule has 1 aliphatic heterocycles. The van der Waals surface area contributed by atoms with Crippen LogP contribution in [0, 0.1) is 11.2 Å². The molecule has 1 unspecified atom stereocenters. The second-order valence-electron chi connectivity index (χ2n) is 5.59. The maximum atomic E-state index is 13.2. The molecule has 0 aromatic heterocycles. The molecule has 2 N–H and O–H groups in total. The first-order valence-electron chi connectivity index (χ1n) is 6.39. The number of benzene rings is 1.